The Labute approximate surface area is 157 Å². The average Bonchev–Trinajstić information content (AvgIpc) is 2.56. The number of hydrogen-bond acceptors (Lipinski definition) is 3. The summed E-state index contributed by atoms with van der Waals surface area (Å²) in [6.07, 6.45) is 0. The van der Waals surface area contributed by atoms with Crippen LogP contribution in [0.2, 0.25) is 10.0 Å². The minimum atomic E-state index is -3.94. The van der Waals surface area contributed by atoms with Gasteiger partial charge in [0.1, 0.15) is 4.90 Å². The Morgan fingerprint density at radius 2 is 1.76 bits per heavy atom. The topological polar surface area (TPSA) is 66.5 Å². The molecular formula is C17H18Cl2N2O3S. The number of amides is 1. The van der Waals surface area contributed by atoms with Gasteiger partial charge in [0.15, 0.2) is 0 Å². The largest absolute Gasteiger partial charge is 0.325 e. The predicted octanol–water partition coefficient (Wildman–Crippen LogP) is 3.95. The Morgan fingerprint density at radius 3 is 2.36 bits per heavy atom. The van der Waals surface area contributed by atoms with Crippen molar-refractivity contribution >= 4 is 44.8 Å². The second kappa shape index (κ2) is 8.19. The van der Waals surface area contributed by atoms with Gasteiger partial charge < -0.3 is 5.32 Å². The quantitative estimate of drug-likeness (QED) is 0.797. The molecular weight excluding hydrogens is 383 g/mol. The van der Waals surface area contributed by atoms with E-state index in [0.717, 1.165) is 9.87 Å². The zero-order valence-electron chi connectivity index (χ0n) is 13.8. The van der Waals surface area contributed by atoms with Crippen LogP contribution >= 0.6 is 23.2 Å². The number of anilines is 1. The first-order chi connectivity index (χ1) is 11.7. The van der Waals surface area contributed by atoms with Gasteiger partial charge in [-0.05, 0) is 37.3 Å². The first-order valence-electron chi connectivity index (χ1n) is 7.55. The number of nitrogens with one attached hydrogen (secondary N) is 1. The van der Waals surface area contributed by atoms with Crippen LogP contribution in [0.25, 0.3) is 0 Å². The van der Waals surface area contributed by atoms with Gasteiger partial charge in [0.2, 0.25) is 15.9 Å². The molecule has 25 heavy (non-hydrogen) atoms. The number of halogens is 2. The fourth-order valence-corrected chi connectivity index (χ4v) is 4.32. The Hall–Kier alpha value is -1.60. The number of sulfonamides is 1. The standard InChI is InChI=1S/C17H18Cl2N2O3S/c1-3-21(11-17(22)20-14-7-4-12(2)5-8-14)25(23,24)16-10-13(18)6-9-15(16)19/h4-10H,3,11H2,1-2H3,(H,20,22). The molecule has 5 nitrogen and oxygen atoms in total. The summed E-state index contributed by atoms with van der Waals surface area (Å²) in [6.45, 7) is 3.38. The molecule has 2 rings (SSSR count). The van der Waals surface area contributed by atoms with E-state index in [-0.39, 0.29) is 28.0 Å². The van der Waals surface area contributed by atoms with Crippen molar-refractivity contribution in [1.29, 1.82) is 0 Å². The molecule has 134 valence electrons. The molecule has 0 aliphatic heterocycles. The van der Waals surface area contributed by atoms with Crippen LogP contribution in [0.4, 0.5) is 5.69 Å². The van der Waals surface area contributed by atoms with Gasteiger partial charge in [-0.1, -0.05) is 47.8 Å². The number of aryl methyl sites for hydroxylation is 1. The summed E-state index contributed by atoms with van der Waals surface area (Å²) in [5.74, 6) is -0.438. The van der Waals surface area contributed by atoms with Crippen LogP contribution in [0.5, 0.6) is 0 Å². The van der Waals surface area contributed by atoms with E-state index in [9.17, 15) is 13.2 Å². The third-order valence-corrected chi connectivity index (χ3v) is 6.16. The van der Waals surface area contributed by atoms with Gasteiger partial charge >= 0.3 is 0 Å². The maximum atomic E-state index is 12.8. The Morgan fingerprint density at radius 1 is 1.12 bits per heavy atom. The van der Waals surface area contributed by atoms with Crippen LogP contribution in [0, 0.1) is 6.92 Å². The molecule has 0 heterocycles. The average molecular weight is 401 g/mol. The molecule has 0 aliphatic carbocycles. The van der Waals surface area contributed by atoms with E-state index in [1.165, 1.54) is 18.2 Å². The number of nitrogens with zero attached hydrogens (tertiary/aromatic N) is 1. The van der Waals surface area contributed by atoms with Crippen molar-refractivity contribution in [3.63, 3.8) is 0 Å². The van der Waals surface area contributed by atoms with Crippen LogP contribution in [-0.4, -0.2) is 31.7 Å². The van der Waals surface area contributed by atoms with Crippen LogP contribution in [0.3, 0.4) is 0 Å². The Kier molecular flexibility index (Phi) is 6.46. The van der Waals surface area contributed by atoms with Gasteiger partial charge in [-0.25, -0.2) is 8.42 Å². The van der Waals surface area contributed by atoms with E-state index in [4.69, 9.17) is 23.2 Å². The monoisotopic (exact) mass is 400 g/mol. The van der Waals surface area contributed by atoms with E-state index < -0.39 is 15.9 Å². The fourth-order valence-electron chi connectivity index (χ4n) is 2.18. The summed E-state index contributed by atoms with van der Waals surface area (Å²) in [7, 11) is -3.94. The van der Waals surface area contributed by atoms with E-state index in [1.807, 2.05) is 19.1 Å². The van der Waals surface area contributed by atoms with Gasteiger partial charge in [0.05, 0.1) is 11.6 Å². The van der Waals surface area contributed by atoms with E-state index in [0.29, 0.717) is 5.69 Å². The molecule has 0 aliphatic rings. The molecule has 1 N–H and O–H groups in total. The van der Waals surface area contributed by atoms with Gasteiger partial charge in [-0.2, -0.15) is 4.31 Å². The molecule has 0 saturated carbocycles. The van der Waals surface area contributed by atoms with Crippen molar-refractivity contribution in [1.82, 2.24) is 4.31 Å². The molecule has 0 spiro atoms. The summed E-state index contributed by atoms with van der Waals surface area (Å²) in [6, 6.07) is 11.4. The van der Waals surface area contributed by atoms with Gasteiger partial charge in [-0.3, -0.25) is 4.79 Å². The second-order valence-corrected chi connectivity index (χ2v) is 8.17. The highest BCUT2D eigenvalue weighted by Crippen LogP contribution is 2.27. The summed E-state index contributed by atoms with van der Waals surface area (Å²) in [5, 5.41) is 2.99. The molecule has 2 aromatic carbocycles. The number of carbonyl (C=O) groups excluding carboxylic acids is 1. The van der Waals surface area contributed by atoms with Crippen molar-refractivity contribution in [2.75, 3.05) is 18.4 Å². The normalized spacial score (nSPS) is 11.6. The smallest absolute Gasteiger partial charge is 0.245 e. The van der Waals surface area contributed by atoms with Crippen LogP contribution in [0.15, 0.2) is 47.4 Å². The number of carbonyl (C=O) groups is 1. The summed E-state index contributed by atoms with van der Waals surface area (Å²) in [5.41, 5.74) is 1.66. The molecule has 0 bridgehead atoms. The fraction of sp³-hybridized carbons (Fsp3) is 0.235. The zero-order chi connectivity index (χ0) is 18.6. The minimum absolute atomic E-state index is 0.0572. The van der Waals surface area contributed by atoms with Crippen LogP contribution < -0.4 is 5.32 Å². The molecule has 8 heteroatoms. The predicted molar refractivity (Wildman–Crippen MR) is 101 cm³/mol. The van der Waals surface area contributed by atoms with E-state index in [2.05, 4.69) is 5.32 Å². The highest BCUT2D eigenvalue weighted by atomic mass is 35.5. The summed E-state index contributed by atoms with van der Waals surface area (Å²) < 4.78 is 26.6. The first kappa shape index (κ1) is 19.7. The summed E-state index contributed by atoms with van der Waals surface area (Å²) >= 11 is 11.9. The van der Waals surface area contributed by atoms with Gasteiger partial charge in [0, 0.05) is 17.3 Å². The van der Waals surface area contributed by atoms with Crippen molar-refractivity contribution < 1.29 is 13.2 Å². The molecule has 0 atom stereocenters. The Balaban J connectivity index is 2.19. The lowest BCUT2D eigenvalue weighted by atomic mass is 10.2. The number of likely N-dealkylation sites (N-methyl/N-ethyl adjacent to an activating group) is 1. The third-order valence-electron chi connectivity index (χ3n) is 3.52. The lowest BCUT2D eigenvalue weighted by Crippen LogP contribution is -2.38. The number of hydrogen-bond donors (Lipinski definition) is 1. The SMILES string of the molecule is CCN(CC(=O)Nc1ccc(C)cc1)S(=O)(=O)c1cc(Cl)ccc1Cl. The molecule has 0 fully saturated rings. The minimum Gasteiger partial charge on any atom is -0.325 e. The van der Waals surface area contributed by atoms with Crippen molar-refractivity contribution in [2.24, 2.45) is 0 Å². The van der Waals surface area contributed by atoms with E-state index in [1.54, 1.807) is 19.1 Å². The van der Waals surface area contributed by atoms with Gasteiger partial charge in [0.25, 0.3) is 0 Å². The first-order valence-corrected chi connectivity index (χ1v) is 9.75. The van der Waals surface area contributed by atoms with Crippen LogP contribution in [0.1, 0.15) is 12.5 Å². The molecule has 0 aromatic heterocycles. The van der Waals surface area contributed by atoms with Crippen molar-refractivity contribution in [3.8, 4) is 0 Å². The number of rotatable bonds is 6. The maximum absolute atomic E-state index is 12.8. The maximum Gasteiger partial charge on any atom is 0.245 e. The second-order valence-electron chi connectivity index (χ2n) is 5.42. The van der Waals surface area contributed by atoms with Crippen LogP contribution in [-0.2, 0) is 14.8 Å². The molecule has 0 saturated heterocycles. The van der Waals surface area contributed by atoms with Crippen molar-refractivity contribution in [2.45, 2.75) is 18.7 Å². The molecule has 0 radical (unpaired) electrons. The van der Waals surface area contributed by atoms with Gasteiger partial charge in [-0.15, -0.1) is 0 Å². The molecule has 1 amide bonds. The third kappa shape index (κ3) is 4.95. The van der Waals surface area contributed by atoms with E-state index >= 15 is 0 Å². The zero-order valence-corrected chi connectivity index (χ0v) is 16.1. The molecule has 2 aromatic rings. The lowest BCUT2D eigenvalue weighted by molar-refractivity contribution is -0.116. The highest BCUT2D eigenvalue weighted by Gasteiger charge is 2.27. The lowest BCUT2D eigenvalue weighted by Gasteiger charge is -2.21. The summed E-state index contributed by atoms with van der Waals surface area (Å²) in [4.78, 5) is 12.1. The van der Waals surface area contributed by atoms with Crippen molar-refractivity contribution in [3.05, 3.63) is 58.1 Å². The molecule has 0 unspecified atom stereocenters. The number of benzene rings is 2. The highest BCUT2D eigenvalue weighted by molar-refractivity contribution is 7.89. The Bertz CT molecular complexity index is 868.